The molecule has 0 heterocycles. The molecule has 0 aliphatic heterocycles. The predicted octanol–water partition coefficient (Wildman–Crippen LogP) is 7.88. The van der Waals surface area contributed by atoms with Crippen LogP contribution < -0.4 is 0 Å². The van der Waals surface area contributed by atoms with E-state index < -0.39 is 11.9 Å². The molecule has 0 aromatic heterocycles. The Balaban J connectivity index is 1.75. The third-order valence-electron chi connectivity index (χ3n) is 6.35. The molecule has 2 rings (SSSR count). The van der Waals surface area contributed by atoms with E-state index in [-0.39, 0.29) is 17.1 Å². The zero-order valence-corrected chi connectivity index (χ0v) is 20.1. The molecule has 1 unspecified atom stereocenters. The smallest absolute Gasteiger partial charge is 0.310 e. The maximum atomic E-state index is 12.6. The lowest BCUT2D eigenvalue weighted by Gasteiger charge is -2.14. The van der Waals surface area contributed by atoms with Crippen LogP contribution in [0.25, 0.3) is 0 Å². The first kappa shape index (κ1) is 26.6. The number of unbranched alkanes of at least 4 members (excludes halogenated alkanes) is 11. The highest BCUT2D eigenvalue weighted by Gasteiger charge is 2.22. The standard InChI is InChI=1S/C29H40O4/c1-2-3-4-5-6-7-8-9-10-11-12-16-19-25(29(32)33)24-20-21-26(27(30)22-24)28(31)23-17-14-13-15-18-23/h13-15,17-18,20-22,25,30H,2-12,16,19H2,1H3,(H,32,33). The summed E-state index contributed by atoms with van der Waals surface area (Å²) in [5.74, 6) is -1.99. The Kier molecular flexibility index (Phi) is 12.3. The number of rotatable bonds is 17. The Morgan fingerprint density at radius 1 is 0.758 bits per heavy atom. The van der Waals surface area contributed by atoms with Crippen LogP contribution in [0.2, 0.25) is 0 Å². The maximum Gasteiger partial charge on any atom is 0.310 e. The number of phenolic OH excluding ortho intramolecular Hbond substituents is 1. The molecule has 1 atom stereocenters. The van der Waals surface area contributed by atoms with E-state index in [1.807, 2.05) is 6.07 Å². The molecule has 0 aliphatic carbocycles. The molecule has 0 saturated heterocycles. The first-order chi connectivity index (χ1) is 16.0. The van der Waals surface area contributed by atoms with Gasteiger partial charge >= 0.3 is 5.97 Å². The van der Waals surface area contributed by atoms with Crippen LogP contribution in [0.15, 0.2) is 48.5 Å². The van der Waals surface area contributed by atoms with Crippen molar-refractivity contribution in [2.75, 3.05) is 0 Å². The Bertz CT molecular complexity index is 844. The van der Waals surface area contributed by atoms with Crippen molar-refractivity contribution in [3.63, 3.8) is 0 Å². The zero-order chi connectivity index (χ0) is 23.9. The van der Waals surface area contributed by atoms with E-state index in [0.29, 0.717) is 17.5 Å². The van der Waals surface area contributed by atoms with Crippen LogP contribution >= 0.6 is 0 Å². The first-order valence-corrected chi connectivity index (χ1v) is 12.7. The summed E-state index contributed by atoms with van der Waals surface area (Å²) in [4.78, 5) is 24.4. The van der Waals surface area contributed by atoms with Gasteiger partial charge in [-0.1, -0.05) is 120 Å². The number of hydrogen-bond acceptors (Lipinski definition) is 3. The number of phenols is 1. The lowest BCUT2D eigenvalue weighted by atomic mass is 9.91. The third kappa shape index (κ3) is 9.41. The molecule has 4 nitrogen and oxygen atoms in total. The van der Waals surface area contributed by atoms with Crippen LogP contribution in [0, 0.1) is 0 Å². The molecule has 2 aromatic carbocycles. The number of benzene rings is 2. The van der Waals surface area contributed by atoms with E-state index >= 15 is 0 Å². The highest BCUT2D eigenvalue weighted by atomic mass is 16.4. The minimum atomic E-state index is -0.889. The number of carbonyl (C=O) groups excluding carboxylic acids is 1. The lowest BCUT2D eigenvalue weighted by molar-refractivity contribution is -0.139. The van der Waals surface area contributed by atoms with Gasteiger partial charge in [0.2, 0.25) is 0 Å². The topological polar surface area (TPSA) is 74.6 Å². The minimum Gasteiger partial charge on any atom is -0.507 e. The van der Waals surface area contributed by atoms with Crippen LogP contribution in [-0.2, 0) is 4.79 Å². The van der Waals surface area contributed by atoms with Gasteiger partial charge in [0.25, 0.3) is 0 Å². The Morgan fingerprint density at radius 3 is 1.82 bits per heavy atom. The SMILES string of the molecule is CCCCCCCCCCCCCCC(C(=O)O)c1ccc(C(=O)c2ccccc2)c(O)c1. The molecule has 0 fully saturated rings. The Hall–Kier alpha value is -2.62. The van der Waals surface area contributed by atoms with Crippen molar-refractivity contribution >= 4 is 11.8 Å². The van der Waals surface area contributed by atoms with Gasteiger partial charge in [0, 0.05) is 5.56 Å². The van der Waals surface area contributed by atoms with Crippen LogP contribution in [-0.4, -0.2) is 22.0 Å². The molecular formula is C29H40O4. The molecule has 180 valence electrons. The lowest BCUT2D eigenvalue weighted by Crippen LogP contribution is -2.12. The molecule has 2 N–H and O–H groups in total. The summed E-state index contributed by atoms with van der Waals surface area (Å²) >= 11 is 0. The van der Waals surface area contributed by atoms with Crippen LogP contribution in [0.4, 0.5) is 0 Å². The molecule has 0 radical (unpaired) electrons. The average molecular weight is 453 g/mol. The Labute approximate surface area is 199 Å². The number of carboxylic acids is 1. The fraction of sp³-hybridized carbons (Fsp3) is 0.517. The molecule has 2 aromatic rings. The zero-order valence-electron chi connectivity index (χ0n) is 20.1. The van der Waals surface area contributed by atoms with E-state index in [1.165, 1.54) is 69.9 Å². The number of carboxylic acid groups (broad SMARTS) is 1. The summed E-state index contributed by atoms with van der Waals surface area (Å²) in [7, 11) is 0. The van der Waals surface area contributed by atoms with E-state index in [4.69, 9.17) is 0 Å². The average Bonchev–Trinajstić information content (AvgIpc) is 2.82. The van der Waals surface area contributed by atoms with Crippen LogP contribution in [0.3, 0.4) is 0 Å². The molecule has 0 aliphatic rings. The van der Waals surface area contributed by atoms with Gasteiger partial charge in [0.05, 0.1) is 11.5 Å². The Morgan fingerprint density at radius 2 is 1.30 bits per heavy atom. The van der Waals surface area contributed by atoms with Crippen molar-refractivity contribution in [2.24, 2.45) is 0 Å². The largest absolute Gasteiger partial charge is 0.507 e. The van der Waals surface area contributed by atoms with E-state index in [1.54, 1.807) is 30.3 Å². The van der Waals surface area contributed by atoms with Crippen molar-refractivity contribution in [1.29, 1.82) is 0 Å². The molecule has 4 heteroatoms. The number of aromatic hydroxyl groups is 1. The van der Waals surface area contributed by atoms with Crippen LogP contribution in [0.1, 0.15) is 118 Å². The summed E-state index contributed by atoms with van der Waals surface area (Å²) in [6.07, 6.45) is 15.4. The first-order valence-electron chi connectivity index (χ1n) is 12.7. The summed E-state index contributed by atoms with van der Waals surface area (Å²) in [5.41, 5.74) is 1.24. The number of ketones is 1. The summed E-state index contributed by atoms with van der Waals surface area (Å²) in [6, 6.07) is 13.4. The highest BCUT2D eigenvalue weighted by molar-refractivity contribution is 6.10. The fourth-order valence-electron chi connectivity index (χ4n) is 4.32. The number of aliphatic carboxylic acids is 1. The van der Waals surface area contributed by atoms with Gasteiger partial charge in [-0.05, 0) is 24.1 Å². The van der Waals surface area contributed by atoms with E-state index in [9.17, 15) is 19.8 Å². The molecular weight excluding hydrogens is 412 g/mol. The van der Waals surface area contributed by atoms with Gasteiger partial charge in [-0.3, -0.25) is 9.59 Å². The van der Waals surface area contributed by atoms with Crippen molar-refractivity contribution in [3.8, 4) is 5.75 Å². The number of carbonyl (C=O) groups is 2. The molecule has 33 heavy (non-hydrogen) atoms. The maximum absolute atomic E-state index is 12.6. The second-order valence-corrected chi connectivity index (χ2v) is 9.04. The molecule has 0 saturated carbocycles. The molecule has 0 bridgehead atoms. The highest BCUT2D eigenvalue weighted by Crippen LogP contribution is 2.29. The second kappa shape index (κ2) is 15.3. The predicted molar refractivity (Wildman–Crippen MR) is 134 cm³/mol. The minimum absolute atomic E-state index is 0.165. The molecule has 0 spiro atoms. The van der Waals surface area contributed by atoms with Crippen molar-refractivity contribution in [2.45, 2.75) is 96.3 Å². The van der Waals surface area contributed by atoms with Gasteiger partial charge in [-0.25, -0.2) is 0 Å². The third-order valence-corrected chi connectivity index (χ3v) is 6.35. The van der Waals surface area contributed by atoms with Crippen molar-refractivity contribution in [3.05, 3.63) is 65.2 Å². The van der Waals surface area contributed by atoms with Gasteiger partial charge in [-0.15, -0.1) is 0 Å². The normalized spacial score (nSPS) is 11.9. The van der Waals surface area contributed by atoms with E-state index in [2.05, 4.69) is 6.92 Å². The van der Waals surface area contributed by atoms with E-state index in [0.717, 1.165) is 19.3 Å². The summed E-state index contributed by atoms with van der Waals surface area (Å²) in [5, 5.41) is 20.1. The molecule has 0 amide bonds. The quantitative estimate of drug-likeness (QED) is 0.189. The fourth-order valence-corrected chi connectivity index (χ4v) is 4.32. The summed E-state index contributed by atoms with van der Waals surface area (Å²) < 4.78 is 0. The van der Waals surface area contributed by atoms with Crippen molar-refractivity contribution < 1.29 is 19.8 Å². The van der Waals surface area contributed by atoms with Crippen LogP contribution in [0.5, 0.6) is 5.75 Å². The second-order valence-electron chi connectivity index (χ2n) is 9.04. The summed E-state index contributed by atoms with van der Waals surface area (Å²) in [6.45, 7) is 2.24. The van der Waals surface area contributed by atoms with Gasteiger partial charge in [0.1, 0.15) is 5.75 Å². The van der Waals surface area contributed by atoms with Gasteiger partial charge in [-0.2, -0.15) is 0 Å². The van der Waals surface area contributed by atoms with Crippen molar-refractivity contribution in [1.82, 2.24) is 0 Å². The monoisotopic (exact) mass is 452 g/mol. The van der Waals surface area contributed by atoms with Gasteiger partial charge in [0.15, 0.2) is 5.78 Å². The van der Waals surface area contributed by atoms with Gasteiger partial charge < -0.3 is 10.2 Å². The number of hydrogen-bond donors (Lipinski definition) is 2.